The van der Waals surface area contributed by atoms with Gasteiger partial charge in [0.2, 0.25) is 0 Å². The molecule has 134 valence electrons. The molecule has 2 rings (SSSR count). The number of rotatable bonds is 6. The summed E-state index contributed by atoms with van der Waals surface area (Å²) in [5.41, 5.74) is 1.37. The summed E-state index contributed by atoms with van der Waals surface area (Å²) in [6.45, 7) is 10.3. The molecule has 0 spiro atoms. The van der Waals surface area contributed by atoms with Crippen molar-refractivity contribution < 1.29 is 17.7 Å². The molecular formula is C19H28O4S. The van der Waals surface area contributed by atoms with Gasteiger partial charge in [-0.05, 0) is 42.4 Å². The van der Waals surface area contributed by atoms with Crippen LogP contribution in [0.3, 0.4) is 0 Å². The van der Waals surface area contributed by atoms with Crippen LogP contribution in [-0.2, 0) is 21.0 Å². The molecule has 0 radical (unpaired) electrons. The number of benzene rings is 1. The molecule has 1 aliphatic rings. The molecule has 1 N–H and O–H groups in total. The molecule has 24 heavy (non-hydrogen) atoms. The normalized spacial score (nSPS) is 24.2. The van der Waals surface area contributed by atoms with Gasteiger partial charge in [0.05, 0.1) is 0 Å². The maximum absolute atomic E-state index is 11.0. The second-order valence-corrected chi connectivity index (χ2v) is 8.02. The van der Waals surface area contributed by atoms with Crippen molar-refractivity contribution in [3.63, 3.8) is 0 Å². The topological polar surface area (TPSA) is 55.8 Å². The Balaban J connectivity index is 2.10. The Morgan fingerprint density at radius 2 is 1.88 bits per heavy atom. The van der Waals surface area contributed by atoms with Crippen molar-refractivity contribution in [3.8, 4) is 5.75 Å². The molecule has 0 heterocycles. The smallest absolute Gasteiger partial charge is 0.302 e. The highest BCUT2D eigenvalue weighted by Gasteiger charge is 2.34. The molecular weight excluding hydrogens is 324 g/mol. The Labute approximate surface area is 147 Å². The third-order valence-electron chi connectivity index (χ3n) is 4.61. The lowest BCUT2D eigenvalue weighted by Gasteiger charge is -2.35. The average Bonchev–Trinajstić information content (AvgIpc) is 2.53. The number of hydrogen-bond acceptors (Lipinski definition) is 3. The minimum Gasteiger partial charge on any atom is -0.490 e. The second kappa shape index (κ2) is 8.28. The molecule has 0 aromatic heterocycles. The van der Waals surface area contributed by atoms with Crippen LogP contribution in [0.1, 0.15) is 52.0 Å². The first-order valence-corrected chi connectivity index (χ1v) is 9.52. The minimum absolute atomic E-state index is 0.0363. The fourth-order valence-electron chi connectivity index (χ4n) is 3.24. The van der Waals surface area contributed by atoms with Crippen molar-refractivity contribution in [2.24, 2.45) is 5.92 Å². The lowest BCUT2D eigenvalue weighted by atomic mass is 9.82. The summed E-state index contributed by atoms with van der Waals surface area (Å²) >= 11 is -2.30. The first-order valence-electron chi connectivity index (χ1n) is 8.49. The summed E-state index contributed by atoms with van der Waals surface area (Å²) in [7, 11) is 0. The monoisotopic (exact) mass is 352 g/mol. The first kappa shape index (κ1) is 19.2. The van der Waals surface area contributed by atoms with Crippen molar-refractivity contribution in [1.29, 1.82) is 0 Å². The van der Waals surface area contributed by atoms with E-state index in [1.165, 1.54) is 5.56 Å². The van der Waals surface area contributed by atoms with Gasteiger partial charge in [0.15, 0.2) is 0 Å². The van der Waals surface area contributed by atoms with Crippen LogP contribution in [0.15, 0.2) is 36.9 Å². The van der Waals surface area contributed by atoms with Gasteiger partial charge in [0, 0.05) is 5.92 Å². The average molecular weight is 352 g/mol. The molecule has 1 fully saturated rings. The molecule has 1 aliphatic carbocycles. The summed E-state index contributed by atoms with van der Waals surface area (Å²) in [5, 5.41) is 0. The summed E-state index contributed by atoms with van der Waals surface area (Å²) in [6, 6.07) is 8.19. The van der Waals surface area contributed by atoms with Gasteiger partial charge in [-0.1, -0.05) is 45.4 Å². The Hall–Kier alpha value is -1.17. The van der Waals surface area contributed by atoms with Crippen molar-refractivity contribution in [3.05, 3.63) is 42.5 Å². The third-order valence-corrected chi connectivity index (χ3v) is 5.00. The van der Waals surface area contributed by atoms with Crippen LogP contribution in [0.4, 0.5) is 0 Å². The highest BCUT2D eigenvalue weighted by molar-refractivity contribution is 7.74. The fourth-order valence-corrected chi connectivity index (χ4v) is 3.65. The summed E-state index contributed by atoms with van der Waals surface area (Å²) in [4.78, 5) is 0. The maximum atomic E-state index is 11.0. The molecule has 0 bridgehead atoms. The van der Waals surface area contributed by atoms with E-state index in [0.717, 1.165) is 31.4 Å². The van der Waals surface area contributed by atoms with Gasteiger partial charge in [-0.2, -0.15) is 4.21 Å². The van der Waals surface area contributed by atoms with Crippen LogP contribution < -0.4 is 4.74 Å². The lowest BCUT2D eigenvalue weighted by Crippen LogP contribution is -2.39. The molecule has 5 heteroatoms. The predicted octanol–water partition coefficient (Wildman–Crippen LogP) is 4.63. The Morgan fingerprint density at radius 1 is 1.25 bits per heavy atom. The molecule has 1 aromatic carbocycles. The van der Waals surface area contributed by atoms with E-state index >= 15 is 0 Å². The van der Waals surface area contributed by atoms with E-state index in [9.17, 15) is 4.21 Å². The maximum Gasteiger partial charge on any atom is 0.302 e. The standard InChI is InChI=1S/C19H28O4S/c1-5-17(23-24(20)21)16-8-6-7-9-18(16)22-15-12-10-14(11-13-15)19(2,3)4/h5,10-13,16-18H,1,6-9H2,2-4H3,(H,20,21). The zero-order chi connectivity index (χ0) is 17.7. The van der Waals surface area contributed by atoms with Gasteiger partial charge < -0.3 is 4.74 Å². The van der Waals surface area contributed by atoms with Gasteiger partial charge in [-0.25, -0.2) is 0 Å². The van der Waals surface area contributed by atoms with E-state index < -0.39 is 17.5 Å². The molecule has 1 saturated carbocycles. The number of hydrogen-bond donors (Lipinski definition) is 1. The van der Waals surface area contributed by atoms with E-state index in [0.29, 0.717) is 0 Å². The summed E-state index contributed by atoms with van der Waals surface area (Å²) in [5.74, 6) is 0.863. The van der Waals surface area contributed by atoms with Crippen LogP contribution in [0.2, 0.25) is 0 Å². The fraction of sp³-hybridized carbons (Fsp3) is 0.579. The van der Waals surface area contributed by atoms with Crippen molar-refractivity contribution >= 4 is 11.4 Å². The largest absolute Gasteiger partial charge is 0.490 e. The second-order valence-electron chi connectivity index (χ2n) is 7.39. The SMILES string of the molecule is C=CC(OS(=O)O)C1CCCCC1Oc1ccc(C(C)(C)C)cc1. The van der Waals surface area contributed by atoms with E-state index in [4.69, 9.17) is 13.5 Å². The van der Waals surface area contributed by atoms with E-state index in [-0.39, 0.29) is 17.4 Å². The predicted molar refractivity (Wildman–Crippen MR) is 97.4 cm³/mol. The molecule has 0 saturated heterocycles. The molecule has 4 unspecified atom stereocenters. The van der Waals surface area contributed by atoms with Crippen LogP contribution in [-0.4, -0.2) is 21.0 Å². The van der Waals surface area contributed by atoms with Gasteiger partial charge >= 0.3 is 11.4 Å². The van der Waals surface area contributed by atoms with Crippen molar-refractivity contribution in [2.45, 2.75) is 64.1 Å². The summed E-state index contributed by atoms with van der Waals surface area (Å²) < 4.78 is 31.3. The first-order chi connectivity index (χ1) is 11.3. The Kier molecular flexibility index (Phi) is 6.61. The highest BCUT2D eigenvalue weighted by Crippen LogP contribution is 2.33. The van der Waals surface area contributed by atoms with Crippen molar-refractivity contribution in [2.75, 3.05) is 0 Å². The zero-order valence-corrected chi connectivity index (χ0v) is 15.6. The summed E-state index contributed by atoms with van der Waals surface area (Å²) in [6.07, 6.45) is 5.06. The molecule has 4 nitrogen and oxygen atoms in total. The van der Waals surface area contributed by atoms with E-state index in [1.54, 1.807) is 6.08 Å². The van der Waals surface area contributed by atoms with Crippen LogP contribution >= 0.6 is 0 Å². The minimum atomic E-state index is -2.30. The number of ether oxygens (including phenoxy) is 1. The molecule has 0 aliphatic heterocycles. The zero-order valence-electron chi connectivity index (χ0n) is 14.7. The Morgan fingerprint density at radius 3 is 2.42 bits per heavy atom. The quantitative estimate of drug-likeness (QED) is 0.599. The van der Waals surface area contributed by atoms with Gasteiger partial charge in [-0.3, -0.25) is 8.74 Å². The van der Waals surface area contributed by atoms with Gasteiger partial charge in [-0.15, -0.1) is 6.58 Å². The van der Waals surface area contributed by atoms with Gasteiger partial charge in [0.1, 0.15) is 18.0 Å². The molecule has 4 atom stereocenters. The van der Waals surface area contributed by atoms with Crippen LogP contribution in [0.25, 0.3) is 0 Å². The lowest BCUT2D eigenvalue weighted by molar-refractivity contribution is 0.0352. The Bertz CT molecular complexity index is 562. The molecule has 1 aromatic rings. The van der Waals surface area contributed by atoms with E-state index in [2.05, 4.69) is 39.5 Å². The van der Waals surface area contributed by atoms with Crippen LogP contribution in [0, 0.1) is 5.92 Å². The molecule has 0 amide bonds. The third kappa shape index (κ3) is 5.16. The highest BCUT2D eigenvalue weighted by atomic mass is 32.2. The van der Waals surface area contributed by atoms with Crippen molar-refractivity contribution in [1.82, 2.24) is 0 Å². The van der Waals surface area contributed by atoms with E-state index in [1.807, 2.05) is 12.1 Å². The van der Waals surface area contributed by atoms with Crippen LogP contribution in [0.5, 0.6) is 5.75 Å². The van der Waals surface area contributed by atoms with Gasteiger partial charge in [0.25, 0.3) is 0 Å².